The molecular formula is C15H18N4OS. The summed E-state index contributed by atoms with van der Waals surface area (Å²) in [5.74, 6) is 0.547. The summed E-state index contributed by atoms with van der Waals surface area (Å²) in [6, 6.07) is 7.20. The van der Waals surface area contributed by atoms with Gasteiger partial charge in [-0.25, -0.2) is 0 Å². The molecule has 1 amide bonds. The highest BCUT2D eigenvalue weighted by molar-refractivity contribution is 7.71. The molecule has 0 unspecified atom stereocenters. The summed E-state index contributed by atoms with van der Waals surface area (Å²) in [6.45, 7) is 8.08. The average molecular weight is 302 g/mol. The fourth-order valence-electron chi connectivity index (χ4n) is 2.10. The zero-order valence-corrected chi connectivity index (χ0v) is 12.9. The van der Waals surface area contributed by atoms with E-state index in [1.165, 1.54) is 0 Å². The van der Waals surface area contributed by atoms with Gasteiger partial charge in [0.25, 0.3) is 5.91 Å². The van der Waals surface area contributed by atoms with E-state index in [0.29, 0.717) is 22.7 Å². The number of carbonyl (C=O) groups is 1. The number of rotatable bonds is 5. The zero-order valence-electron chi connectivity index (χ0n) is 12.1. The molecule has 0 spiro atoms. The van der Waals surface area contributed by atoms with Crippen LogP contribution in [0.5, 0.6) is 0 Å². The maximum atomic E-state index is 12.3. The number of allylic oxidation sites excluding steroid dienone is 1. The lowest BCUT2D eigenvalue weighted by atomic mass is 10.1. The van der Waals surface area contributed by atoms with Gasteiger partial charge in [0, 0.05) is 12.1 Å². The van der Waals surface area contributed by atoms with Crippen molar-refractivity contribution in [3.8, 4) is 0 Å². The number of nitrogens with one attached hydrogen (secondary N) is 2. The fourth-order valence-corrected chi connectivity index (χ4v) is 2.31. The van der Waals surface area contributed by atoms with Crippen LogP contribution >= 0.6 is 12.2 Å². The number of nitrogens with zero attached hydrogens (tertiary/aromatic N) is 2. The standard InChI is InChI=1S/C15H18N4OS/c1-4-8-19-13(17-18-15(19)21)11(3)16-14(20)12-7-5-6-10(2)9-12/h4-7,9,11H,1,8H2,2-3H3,(H,16,20)(H,18,21)/t11-/m1/s1. The lowest BCUT2D eigenvalue weighted by molar-refractivity contribution is 0.0937. The minimum Gasteiger partial charge on any atom is -0.342 e. The number of carbonyl (C=O) groups excluding carboxylic acids is 1. The van der Waals surface area contributed by atoms with E-state index >= 15 is 0 Å². The SMILES string of the molecule is C=CCn1c([C@@H](C)NC(=O)c2cccc(C)c2)n[nH]c1=S. The van der Waals surface area contributed by atoms with Gasteiger partial charge in [-0.15, -0.1) is 6.58 Å². The van der Waals surface area contributed by atoms with Crippen molar-refractivity contribution in [3.63, 3.8) is 0 Å². The van der Waals surface area contributed by atoms with Crippen LogP contribution in [-0.4, -0.2) is 20.7 Å². The van der Waals surface area contributed by atoms with Crippen LogP contribution in [0, 0.1) is 11.7 Å². The van der Waals surface area contributed by atoms with Gasteiger partial charge in [0.1, 0.15) is 0 Å². The Balaban J connectivity index is 2.18. The third-order valence-electron chi connectivity index (χ3n) is 3.11. The van der Waals surface area contributed by atoms with Crippen molar-refractivity contribution in [2.45, 2.75) is 26.4 Å². The second-order valence-electron chi connectivity index (χ2n) is 4.85. The van der Waals surface area contributed by atoms with E-state index in [-0.39, 0.29) is 11.9 Å². The Morgan fingerprint density at radius 2 is 2.38 bits per heavy atom. The van der Waals surface area contributed by atoms with E-state index in [1.54, 1.807) is 12.1 Å². The summed E-state index contributed by atoms with van der Waals surface area (Å²) in [4.78, 5) is 12.3. The van der Waals surface area contributed by atoms with Crippen molar-refractivity contribution < 1.29 is 4.79 Å². The first-order valence-corrected chi connectivity index (χ1v) is 7.07. The molecule has 5 nitrogen and oxygen atoms in total. The highest BCUT2D eigenvalue weighted by Gasteiger charge is 2.16. The number of hydrogen-bond acceptors (Lipinski definition) is 3. The molecule has 0 saturated carbocycles. The van der Waals surface area contributed by atoms with Gasteiger partial charge in [-0.2, -0.15) is 5.10 Å². The van der Waals surface area contributed by atoms with E-state index in [1.807, 2.05) is 36.6 Å². The van der Waals surface area contributed by atoms with E-state index in [2.05, 4.69) is 22.1 Å². The van der Waals surface area contributed by atoms with Crippen molar-refractivity contribution in [3.05, 3.63) is 58.6 Å². The average Bonchev–Trinajstić information content (AvgIpc) is 2.81. The number of amides is 1. The number of H-pyrrole nitrogens is 1. The van der Waals surface area contributed by atoms with Crippen molar-refractivity contribution in [2.24, 2.45) is 0 Å². The van der Waals surface area contributed by atoms with Gasteiger partial charge in [-0.3, -0.25) is 14.5 Å². The predicted octanol–water partition coefficient (Wildman–Crippen LogP) is 2.93. The second kappa shape index (κ2) is 6.49. The molecule has 0 fully saturated rings. The Hall–Kier alpha value is -2.21. The highest BCUT2D eigenvalue weighted by Crippen LogP contribution is 2.12. The molecule has 0 aliphatic heterocycles. The lowest BCUT2D eigenvalue weighted by Crippen LogP contribution is -2.28. The van der Waals surface area contributed by atoms with Gasteiger partial charge >= 0.3 is 0 Å². The van der Waals surface area contributed by atoms with Gasteiger partial charge in [-0.05, 0) is 38.2 Å². The number of aromatic amines is 1. The molecule has 6 heteroatoms. The second-order valence-corrected chi connectivity index (χ2v) is 5.24. The molecule has 2 N–H and O–H groups in total. The molecule has 1 atom stereocenters. The van der Waals surface area contributed by atoms with Crippen LogP contribution in [0.2, 0.25) is 0 Å². The van der Waals surface area contributed by atoms with Gasteiger partial charge in [0.2, 0.25) is 0 Å². The van der Waals surface area contributed by atoms with Crippen LogP contribution in [0.15, 0.2) is 36.9 Å². The van der Waals surface area contributed by atoms with Crippen molar-refractivity contribution in [1.29, 1.82) is 0 Å². The normalized spacial score (nSPS) is 11.9. The number of aryl methyl sites for hydroxylation is 1. The lowest BCUT2D eigenvalue weighted by Gasteiger charge is -2.14. The molecule has 1 aromatic carbocycles. The smallest absolute Gasteiger partial charge is 0.251 e. The first kappa shape index (κ1) is 15.2. The van der Waals surface area contributed by atoms with Crippen LogP contribution in [0.3, 0.4) is 0 Å². The fraction of sp³-hybridized carbons (Fsp3) is 0.267. The number of aromatic nitrogens is 3. The summed E-state index contributed by atoms with van der Waals surface area (Å²) in [6.07, 6.45) is 1.74. The van der Waals surface area contributed by atoms with E-state index in [4.69, 9.17) is 12.2 Å². The molecule has 2 rings (SSSR count). The highest BCUT2D eigenvalue weighted by atomic mass is 32.1. The van der Waals surface area contributed by atoms with Crippen molar-refractivity contribution in [1.82, 2.24) is 20.1 Å². The van der Waals surface area contributed by atoms with E-state index < -0.39 is 0 Å². The van der Waals surface area contributed by atoms with Gasteiger partial charge in [0.05, 0.1) is 6.04 Å². The largest absolute Gasteiger partial charge is 0.342 e. The summed E-state index contributed by atoms with van der Waals surface area (Å²) in [5, 5.41) is 9.85. The van der Waals surface area contributed by atoms with Crippen molar-refractivity contribution >= 4 is 18.1 Å². The maximum Gasteiger partial charge on any atom is 0.251 e. The molecule has 0 saturated heterocycles. The monoisotopic (exact) mass is 302 g/mol. The predicted molar refractivity (Wildman–Crippen MR) is 84.7 cm³/mol. The van der Waals surface area contributed by atoms with E-state index in [0.717, 1.165) is 5.56 Å². The van der Waals surface area contributed by atoms with Crippen LogP contribution < -0.4 is 5.32 Å². The topological polar surface area (TPSA) is 62.7 Å². The quantitative estimate of drug-likeness (QED) is 0.659. The Kier molecular flexibility index (Phi) is 4.70. The molecule has 0 radical (unpaired) electrons. The molecule has 0 bridgehead atoms. The third kappa shape index (κ3) is 3.46. The Bertz CT molecular complexity index is 716. The van der Waals surface area contributed by atoms with Gasteiger partial charge in [0.15, 0.2) is 10.6 Å². The summed E-state index contributed by atoms with van der Waals surface area (Å²) in [7, 11) is 0. The summed E-state index contributed by atoms with van der Waals surface area (Å²) < 4.78 is 2.32. The first-order valence-electron chi connectivity index (χ1n) is 6.66. The molecule has 1 aromatic heterocycles. The first-order chi connectivity index (χ1) is 10.0. The minimum atomic E-state index is -0.258. The molecule has 21 heavy (non-hydrogen) atoms. The number of hydrogen-bond donors (Lipinski definition) is 2. The minimum absolute atomic E-state index is 0.134. The van der Waals surface area contributed by atoms with Crippen LogP contribution in [0.4, 0.5) is 0 Å². The van der Waals surface area contributed by atoms with Gasteiger partial charge < -0.3 is 5.32 Å². The third-order valence-corrected chi connectivity index (χ3v) is 3.43. The molecule has 0 aliphatic rings. The van der Waals surface area contributed by atoms with Crippen LogP contribution in [-0.2, 0) is 6.54 Å². The molecule has 0 aliphatic carbocycles. The maximum absolute atomic E-state index is 12.3. The Morgan fingerprint density at radius 1 is 1.62 bits per heavy atom. The van der Waals surface area contributed by atoms with Crippen LogP contribution in [0.25, 0.3) is 0 Å². The van der Waals surface area contributed by atoms with Gasteiger partial charge in [-0.1, -0.05) is 23.8 Å². The van der Waals surface area contributed by atoms with E-state index in [9.17, 15) is 4.79 Å². The molecule has 2 aromatic rings. The number of benzene rings is 1. The Labute approximate surface area is 128 Å². The molecular weight excluding hydrogens is 284 g/mol. The summed E-state index contributed by atoms with van der Waals surface area (Å²) in [5.41, 5.74) is 1.68. The molecule has 1 heterocycles. The van der Waals surface area contributed by atoms with Crippen molar-refractivity contribution in [2.75, 3.05) is 0 Å². The summed E-state index contributed by atoms with van der Waals surface area (Å²) >= 11 is 5.17. The molecule has 110 valence electrons. The Morgan fingerprint density at radius 3 is 3.05 bits per heavy atom. The van der Waals surface area contributed by atoms with Crippen LogP contribution in [0.1, 0.15) is 34.7 Å². The zero-order chi connectivity index (χ0) is 15.4.